The van der Waals surface area contributed by atoms with Crippen LogP contribution in [0.4, 0.5) is 5.82 Å². The fourth-order valence-electron chi connectivity index (χ4n) is 0.833. The van der Waals surface area contributed by atoms with Crippen molar-refractivity contribution >= 4 is 13.9 Å². The number of aromatic nitrogens is 1. The molecule has 1 aromatic rings. The van der Waals surface area contributed by atoms with Crippen molar-refractivity contribution in [1.29, 1.82) is 0 Å². The first-order valence-corrected chi connectivity index (χ1v) is 8.04. The lowest BCUT2D eigenvalue weighted by molar-refractivity contribution is -0.732. The zero-order valence-electron chi connectivity index (χ0n) is 8.98. The third-order valence-electron chi connectivity index (χ3n) is 1.53. The van der Waals surface area contributed by atoms with E-state index in [4.69, 9.17) is 5.21 Å². The van der Waals surface area contributed by atoms with E-state index in [2.05, 4.69) is 36.1 Å². The molecule has 0 aromatic carbocycles. The molecule has 0 aliphatic rings. The van der Waals surface area contributed by atoms with Crippen LogP contribution in [-0.2, 0) is 0 Å². The summed E-state index contributed by atoms with van der Waals surface area (Å²) < 4.78 is 0. The Morgan fingerprint density at radius 2 is 2.07 bits per heavy atom. The van der Waals surface area contributed by atoms with Crippen LogP contribution in [0.3, 0.4) is 0 Å². The van der Waals surface area contributed by atoms with Crippen molar-refractivity contribution < 1.29 is 10.1 Å². The van der Waals surface area contributed by atoms with Crippen molar-refractivity contribution in [1.82, 2.24) is 4.98 Å². The van der Waals surface area contributed by atoms with Crippen LogP contribution in [0.2, 0.25) is 19.6 Å². The van der Waals surface area contributed by atoms with E-state index >= 15 is 0 Å². The van der Waals surface area contributed by atoms with Gasteiger partial charge in [-0.25, -0.2) is 0 Å². The van der Waals surface area contributed by atoms with Crippen molar-refractivity contribution in [2.24, 2.45) is 0 Å². The average molecular weight is 221 g/mol. The maximum Gasteiger partial charge on any atom is 0.408 e. The molecule has 5 heteroatoms. The molecule has 0 spiro atoms. The van der Waals surface area contributed by atoms with E-state index < -0.39 is 8.07 Å². The van der Waals surface area contributed by atoms with Crippen molar-refractivity contribution in [2.45, 2.75) is 19.6 Å². The van der Waals surface area contributed by atoms with Crippen LogP contribution in [0, 0.1) is 16.4 Å². The maximum absolute atomic E-state index is 10.5. The van der Waals surface area contributed by atoms with Gasteiger partial charge in [-0.1, -0.05) is 25.6 Å². The van der Waals surface area contributed by atoms with E-state index in [-0.39, 0.29) is 10.7 Å². The Kier molecular flexibility index (Phi) is 3.22. The zero-order valence-corrected chi connectivity index (χ0v) is 9.98. The average Bonchev–Trinajstić information content (AvgIpc) is 2.14. The molecule has 0 aliphatic heterocycles. The van der Waals surface area contributed by atoms with E-state index in [0.29, 0.717) is 0 Å². The Balaban J connectivity index is 2.89. The van der Waals surface area contributed by atoms with Crippen LogP contribution < -0.4 is 0 Å². The lowest BCUT2D eigenvalue weighted by Crippen LogP contribution is -2.16. The summed E-state index contributed by atoms with van der Waals surface area (Å²) in [6.07, 6.45) is 1.48. The van der Waals surface area contributed by atoms with Crippen LogP contribution in [0.25, 0.3) is 0 Å². The van der Waals surface area contributed by atoms with Crippen LogP contribution >= 0.6 is 0 Å². The molecule has 1 rings (SSSR count). The molecule has 1 N–H and O–H groups in total. The highest BCUT2D eigenvalue weighted by Crippen LogP contribution is 2.06. The van der Waals surface area contributed by atoms with Crippen molar-refractivity contribution in [2.75, 3.05) is 0 Å². The monoisotopic (exact) mass is 221 g/mol. The van der Waals surface area contributed by atoms with Gasteiger partial charge in [0.25, 0.3) is 0 Å². The lowest BCUT2D eigenvalue weighted by atomic mass is 10.3. The molecule has 15 heavy (non-hydrogen) atoms. The molecule has 1 heterocycles. The second-order valence-corrected chi connectivity index (χ2v) is 8.93. The predicted molar refractivity (Wildman–Crippen MR) is 59.5 cm³/mol. The van der Waals surface area contributed by atoms with Crippen LogP contribution in [0.15, 0.2) is 18.3 Å². The second-order valence-electron chi connectivity index (χ2n) is 4.18. The molecule has 1 aromatic heterocycles. The summed E-state index contributed by atoms with van der Waals surface area (Å²) in [7, 11) is -1.39. The summed E-state index contributed by atoms with van der Waals surface area (Å²) in [6.45, 7) is 6.44. The number of hydrogen-bond acceptors (Lipinski definition) is 2. The summed E-state index contributed by atoms with van der Waals surface area (Å²) in [5, 5.41) is 8.56. The Labute approximate surface area is 89.5 Å². The Morgan fingerprint density at radius 1 is 1.40 bits per heavy atom. The third kappa shape index (κ3) is 3.91. The molecule has 0 saturated carbocycles. The Hall–Kier alpha value is -1.67. The molecule has 0 unspecified atom stereocenters. The van der Waals surface area contributed by atoms with Crippen molar-refractivity contribution in [3.8, 4) is 11.5 Å². The van der Waals surface area contributed by atoms with Gasteiger partial charge < -0.3 is 5.21 Å². The molecule has 0 bridgehead atoms. The fourth-order valence-corrected chi connectivity index (χ4v) is 1.35. The number of pyridine rings is 1. The first-order valence-electron chi connectivity index (χ1n) is 4.54. The van der Waals surface area contributed by atoms with Crippen molar-refractivity contribution in [3.63, 3.8) is 0 Å². The van der Waals surface area contributed by atoms with Gasteiger partial charge in [-0.05, 0) is 16.0 Å². The molecular weight excluding hydrogens is 208 g/mol. The highest BCUT2D eigenvalue weighted by Gasteiger charge is 2.11. The minimum atomic E-state index is -1.39. The van der Waals surface area contributed by atoms with Gasteiger partial charge in [0, 0.05) is 6.07 Å². The smallest absolute Gasteiger partial charge is 0.314 e. The lowest BCUT2D eigenvalue weighted by Gasteiger charge is -2.02. The first kappa shape index (κ1) is 11.4. The minimum Gasteiger partial charge on any atom is -0.314 e. The number of rotatable bonds is 1. The number of hydrogen-bond donors (Lipinski definition) is 1. The summed E-state index contributed by atoms with van der Waals surface area (Å²) >= 11 is 0. The van der Waals surface area contributed by atoms with Gasteiger partial charge >= 0.3 is 5.82 Å². The standard InChI is InChI=1S/C10H13N2O2Si/c1-15(2,3)7-6-9-4-5-10(11-8-9)12(13)14/h4-5,8H,1-3H3,(H,13,14)/q+1. The molecule has 0 amide bonds. The molecule has 4 nitrogen and oxygen atoms in total. The second kappa shape index (κ2) is 4.23. The SMILES string of the molecule is C[Si](C)(C)C#Cc1ccc([N+](=O)O)nc1. The molecule has 0 fully saturated rings. The zero-order chi connectivity index (χ0) is 11.5. The largest absolute Gasteiger partial charge is 0.408 e. The topological polar surface area (TPSA) is 53.2 Å². The Bertz CT molecular complexity index is 423. The van der Waals surface area contributed by atoms with Gasteiger partial charge in [0.05, 0.1) is 5.56 Å². The van der Waals surface area contributed by atoms with E-state index in [1.807, 2.05) is 0 Å². The minimum absolute atomic E-state index is 0.0337. The molecule has 0 saturated heterocycles. The molecule has 0 atom stereocenters. The van der Waals surface area contributed by atoms with Gasteiger partial charge in [0.15, 0.2) is 11.1 Å². The van der Waals surface area contributed by atoms with Crippen molar-refractivity contribution in [3.05, 3.63) is 28.8 Å². The molecule has 0 aliphatic carbocycles. The quantitative estimate of drug-likeness (QED) is 0.449. The van der Waals surface area contributed by atoms with Gasteiger partial charge in [-0.2, -0.15) is 0 Å². The Morgan fingerprint density at radius 3 is 2.47 bits per heavy atom. The van der Waals surface area contributed by atoms with Gasteiger partial charge in [0.2, 0.25) is 0 Å². The van der Waals surface area contributed by atoms with Gasteiger partial charge in [0.1, 0.15) is 8.07 Å². The fraction of sp³-hybridized carbons (Fsp3) is 0.300. The molecule has 0 radical (unpaired) electrons. The predicted octanol–water partition coefficient (Wildman–Crippen LogP) is 2.11. The van der Waals surface area contributed by atoms with Gasteiger partial charge in [-0.15, -0.1) is 5.54 Å². The molecular formula is C10H13N2O2Si+. The van der Waals surface area contributed by atoms with E-state index in [9.17, 15) is 4.91 Å². The van der Waals surface area contributed by atoms with E-state index in [1.54, 1.807) is 6.07 Å². The summed E-state index contributed by atoms with van der Waals surface area (Å²) in [5.41, 5.74) is 3.93. The maximum atomic E-state index is 10.5. The summed E-state index contributed by atoms with van der Waals surface area (Å²) in [6, 6.07) is 3.10. The third-order valence-corrected chi connectivity index (χ3v) is 2.40. The van der Waals surface area contributed by atoms with Crippen LogP contribution in [0.1, 0.15) is 5.56 Å². The normalized spacial score (nSPS) is 10.3. The summed E-state index contributed by atoms with van der Waals surface area (Å²) in [5.74, 6) is 2.96. The first-order chi connectivity index (χ1) is 6.88. The summed E-state index contributed by atoms with van der Waals surface area (Å²) in [4.78, 5) is 13.9. The highest BCUT2D eigenvalue weighted by molar-refractivity contribution is 6.83. The van der Waals surface area contributed by atoms with Gasteiger partial charge in [-0.3, -0.25) is 0 Å². The van der Waals surface area contributed by atoms with Crippen LogP contribution in [0.5, 0.6) is 0 Å². The number of nitrogens with zero attached hydrogens (tertiary/aromatic N) is 2. The van der Waals surface area contributed by atoms with Crippen LogP contribution in [-0.4, -0.2) is 23.2 Å². The highest BCUT2D eigenvalue weighted by atomic mass is 28.3. The van der Waals surface area contributed by atoms with E-state index in [1.165, 1.54) is 12.3 Å². The van der Waals surface area contributed by atoms with E-state index in [0.717, 1.165) is 5.56 Å². The molecule has 78 valence electrons.